The lowest BCUT2D eigenvalue weighted by Crippen LogP contribution is -2.13. The molecule has 0 aliphatic rings. The quantitative estimate of drug-likeness (QED) is 0.176. The van der Waals surface area contributed by atoms with E-state index >= 15 is 4.39 Å². The Bertz CT molecular complexity index is 2190. The molecule has 45 heavy (non-hydrogen) atoms. The van der Waals surface area contributed by atoms with Crippen LogP contribution in [0, 0.1) is 17.6 Å². The monoisotopic (exact) mass is 629 g/mol. The van der Waals surface area contributed by atoms with Crippen molar-refractivity contribution in [2.45, 2.75) is 26.7 Å². The Morgan fingerprint density at radius 3 is 2.62 bits per heavy atom. The zero-order valence-electron chi connectivity index (χ0n) is 24.6. The number of hydrogen-bond acceptors (Lipinski definition) is 7. The number of amides is 1. The van der Waals surface area contributed by atoms with Crippen LogP contribution in [-0.2, 0) is 21.1 Å². The van der Waals surface area contributed by atoms with E-state index in [2.05, 4.69) is 35.5 Å². The number of anilines is 1. The van der Waals surface area contributed by atoms with Crippen LogP contribution in [0.1, 0.15) is 25.8 Å². The van der Waals surface area contributed by atoms with Gasteiger partial charge in [0.15, 0.2) is 17.3 Å². The predicted octanol–water partition coefficient (Wildman–Crippen LogP) is 6.08. The van der Waals surface area contributed by atoms with E-state index in [0.717, 1.165) is 6.26 Å². The molecule has 13 heteroatoms. The highest BCUT2D eigenvalue weighted by atomic mass is 32.2. The second kappa shape index (κ2) is 11.8. The maximum absolute atomic E-state index is 15.3. The number of benzene rings is 2. The largest absolute Gasteiger partial charge is 0.335 e. The number of H-pyrrole nitrogens is 2. The predicted molar refractivity (Wildman–Crippen MR) is 169 cm³/mol. The molecule has 4 heterocycles. The summed E-state index contributed by atoms with van der Waals surface area (Å²) in [5, 5.41) is 10.3. The molecule has 0 atom stereocenters. The number of rotatable bonds is 9. The van der Waals surface area contributed by atoms with Gasteiger partial charge in [0, 0.05) is 41.6 Å². The van der Waals surface area contributed by atoms with Gasteiger partial charge in [0.2, 0.25) is 5.91 Å². The lowest BCUT2D eigenvalue weighted by Gasteiger charge is -2.09. The van der Waals surface area contributed by atoms with E-state index in [1.54, 1.807) is 36.7 Å². The third kappa shape index (κ3) is 6.58. The first kappa shape index (κ1) is 30.0. The number of pyridine rings is 2. The molecule has 0 spiro atoms. The highest BCUT2D eigenvalue weighted by molar-refractivity contribution is 7.90. The van der Waals surface area contributed by atoms with Crippen molar-refractivity contribution in [3.05, 3.63) is 78.3 Å². The van der Waals surface area contributed by atoms with Crippen LogP contribution in [0.2, 0.25) is 0 Å². The first-order valence-corrected chi connectivity index (χ1v) is 16.2. The summed E-state index contributed by atoms with van der Waals surface area (Å²) in [5.74, 6) is -0.764. The first-order chi connectivity index (χ1) is 21.4. The Labute approximate surface area is 257 Å². The highest BCUT2D eigenvalue weighted by Gasteiger charge is 2.19. The highest BCUT2D eigenvalue weighted by Crippen LogP contribution is 2.34. The SMILES string of the molecule is CC(C)CC(=O)Nc1cncc(-c2cc(F)c3n[nH]c(-c4nc5nccc(-c6cc(F)cc(CCS(C)(=O)=O)c6)c5[nH]4)c3c2)c1. The van der Waals surface area contributed by atoms with Crippen LogP contribution < -0.4 is 5.32 Å². The molecule has 0 saturated carbocycles. The molecule has 0 bridgehead atoms. The minimum absolute atomic E-state index is 0.103. The maximum Gasteiger partial charge on any atom is 0.224 e. The molecule has 0 unspecified atom stereocenters. The van der Waals surface area contributed by atoms with Crippen LogP contribution in [-0.4, -0.2) is 56.5 Å². The molecule has 0 saturated heterocycles. The number of imidazole rings is 1. The van der Waals surface area contributed by atoms with Gasteiger partial charge in [0.25, 0.3) is 0 Å². The number of sulfone groups is 1. The average molecular weight is 630 g/mol. The Balaban J connectivity index is 1.38. The average Bonchev–Trinajstić information content (AvgIpc) is 3.59. The zero-order valence-corrected chi connectivity index (χ0v) is 25.5. The van der Waals surface area contributed by atoms with Gasteiger partial charge in [-0.05, 0) is 65.4 Å². The van der Waals surface area contributed by atoms with Gasteiger partial charge < -0.3 is 10.3 Å². The Morgan fingerprint density at radius 1 is 1.02 bits per heavy atom. The number of aryl methyl sites for hydroxylation is 1. The van der Waals surface area contributed by atoms with E-state index in [-0.39, 0.29) is 29.5 Å². The third-order valence-electron chi connectivity index (χ3n) is 7.22. The summed E-state index contributed by atoms with van der Waals surface area (Å²) >= 11 is 0. The van der Waals surface area contributed by atoms with E-state index in [4.69, 9.17) is 0 Å². The number of halogens is 2. The molecule has 4 aromatic heterocycles. The number of carbonyl (C=O) groups is 1. The van der Waals surface area contributed by atoms with Crippen molar-refractivity contribution < 1.29 is 22.0 Å². The molecule has 1 amide bonds. The van der Waals surface area contributed by atoms with Crippen LogP contribution in [0.15, 0.2) is 61.1 Å². The summed E-state index contributed by atoms with van der Waals surface area (Å²) in [4.78, 5) is 28.7. The van der Waals surface area contributed by atoms with Gasteiger partial charge in [0.1, 0.15) is 26.9 Å². The van der Waals surface area contributed by atoms with E-state index in [1.807, 2.05) is 13.8 Å². The molecule has 230 valence electrons. The molecule has 10 nitrogen and oxygen atoms in total. The molecular formula is C32H29F2N7O3S. The molecular weight excluding hydrogens is 600 g/mol. The Morgan fingerprint density at radius 2 is 1.84 bits per heavy atom. The molecule has 0 fully saturated rings. The minimum Gasteiger partial charge on any atom is -0.335 e. The summed E-state index contributed by atoms with van der Waals surface area (Å²) in [6, 6.07) is 11.0. The standard InChI is InChI=1S/C32H29F2N7O3S/c1-17(2)8-27(42)37-23-12-21(15-35-16-23)19-13-25-28(26(34)14-19)40-41-30(25)32-38-29-24(4-6-36-31(29)39-32)20-9-18(10-22(33)11-20)5-7-45(3,43)44/h4,6,9-17H,5,7-8H2,1-3H3,(H,37,42)(H,40,41)(H,36,38,39). The summed E-state index contributed by atoms with van der Waals surface area (Å²) < 4.78 is 53.3. The molecule has 0 aliphatic carbocycles. The first-order valence-electron chi connectivity index (χ1n) is 14.2. The van der Waals surface area contributed by atoms with Crippen molar-refractivity contribution in [1.82, 2.24) is 30.1 Å². The van der Waals surface area contributed by atoms with Gasteiger partial charge in [-0.1, -0.05) is 19.9 Å². The summed E-state index contributed by atoms with van der Waals surface area (Å²) in [5.41, 5.74) is 4.67. The second-order valence-electron chi connectivity index (χ2n) is 11.4. The lowest BCUT2D eigenvalue weighted by molar-refractivity contribution is -0.116. The van der Waals surface area contributed by atoms with Crippen LogP contribution in [0.5, 0.6) is 0 Å². The van der Waals surface area contributed by atoms with Crippen LogP contribution >= 0.6 is 0 Å². The summed E-state index contributed by atoms with van der Waals surface area (Å²) in [7, 11) is -3.23. The van der Waals surface area contributed by atoms with Gasteiger partial charge in [-0.2, -0.15) is 5.10 Å². The number of aromatic amines is 2. The number of hydrogen-bond donors (Lipinski definition) is 3. The number of nitrogens with one attached hydrogen (secondary N) is 3. The van der Waals surface area contributed by atoms with E-state index < -0.39 is 21.5 Å². The fraction of sp³-hybridized carbons (Fsp3) is 0.219. The van der Waals surface area contributed by atoms with E-state index in [1.165, 1.54) is 24.4 Å². The lowest BCUT2D eigenvalue weighted by atomic mass is 10.0. The van der Waals surface area contributed by atoms with Crippen LogP contribution in [0.4, 0.5) is 14.5 Å². The van der Waals surface area contributed by atoms with Crippen LogP contribution in [0.3, 0.4) is 0 Å². The number of aromatic nitrogens is 6. The number of nitrogens with zero attached hydrogens (tertiary/aromatic N) is 4. The van der Waals surface area contributed by atoms with Crippen molar-refractivity contribution in [2.24, 2.45) is 5.92 Å². The van der Waals surface area contributed by atoms with Crippen molar-refractivity contribution in [3.8, 4) is 33.8 Å². The van der Waals surface area contributed by atoms with Gasteiger partial charge in [0.05, 0.1) is 23.2 Å². The van der Waals surface area contributed by atoms with Crippen LogP contribution in [0.25, 0.3) is 55.8 Å². The number of fused-ring (bicyclic) bond motifs is 2. The minimum atomic E-state index is -3.23. The van der Waals surface area contributed by atoms with Gasteiger partial charge >= 0.3 is 0 Å². The molecule has 0 radical (unpaired) electrons. The summed E-state index contributed by atoms with van der Waals surface area (Å²) in [6.45, 7) is 3.91. The smallest absolute Gasteiger partial charge is 0.224 e. The van der Waals surface area contributed by atoms with Gasteiger partial charge in [-0.15, -0.1) is 0 Å². The second-order valence-corrected chi connectivity index (χ2v) is 13.7. The fourth-order valence-corrected chi connectivity index (χ4v) is 5.80. The molecule has 6 aromatic rings. The zero-order chi connectivity index (χ0) is 31.9. The third-order valence-corrected chi connectivity index (χ3v) is 8.17. The maximum atomic E-state index is 15.3. The molecule has 0 aliphatic heterocycles. The molecule has 6 rings (SSSR count). The summed E-state index contributed by atoms with van der Waals surface area (Å²) in [6.07, 6.45) is 6.34. The topological polar surface area (TPSA) is 146 Å². The molecule has 3 N–H and O–H groups in total. The van der Waals surface area contributed by atoms with Gasteiger partial charge in [-0.25, -0.2) is 27.2 Å². The van der Waals surface area contributed by atoms with E-state index in [0.29, 0.717) is 68.0 Å². The van der Waals surface area contributed by atoms with E-state index in [9.17, 15) is 17.6 Å². The van der Waals surface area contributed by atoms with Crippen molar-refractivity contribution in [2.75, 3.05) is 17.3 Å². The normalized spacial score (nSPS) is 12.0. The van der Waals surface area contributed by atoms with Crippen molar-refractivity contribution in [1.29, 1.82) is 0 Å². The number of carbonyl (C=O) groups excluding carboxylic acids is 1. The Hall–Kier alpha value is -5.04. The van der Waals surface area contributed by atoms with Crippen molar-refractivity contribution >= 4 is 43.5 Å². The fourth-order valence-electron chi connectivity index (χ4n) is 5.19. The van der Waals surface area contributed by atoms with Gasteiger partial charge in [-0.3, -0.25) is 14.9 Å². The Kier molecular flexibility index (Phi) is 7.87. The van der Waals surface area contributed by atoms with Crippen molar-refractivity contribution in [3.63, 3.8) is 0 Å². The molecule has 2 aromatic carbocycles.